The zero-order chi connectivity index (χ0) is 15.4. The van der Waals surface area contributed by atoms with Gasteiger partial charge < -0.3 is 11.1 Å². The predicted octanol–water partition coefficient (Wildman–Crippen LogP) is 1.45. The summed E-state index contributed by atoms with van der Waals surface area (Å²) in [7, 11) is 0. The van der Waals surface area contributed by atoms with E-state index in [9.17, 15) is 4.79 Å². The van der Waals surface area contributed by atoms with Gasteiger partial charge in [0, 0.05) is 24.7 Å². The van der Waals surface area contributed by atoms with Crippen molar-refractivity contribution in [3.05, 3.63) is 29.3 Å². The first-order chi connectivity index (χ1) is 10.1. The van der Waals surface area contributed by atoms with Crippen molar-refractivity contribution in [2.24, 2.45) is 5.73 Å². The van der Waals surface area contributed by atoms with Crippen LogP contribution in [0.25, 0.3) is 5.82 Å². The van der Waals surface area contributed by atoms with Crippen molar-refractivity contribution in [3.8, 4) is 5.82 Å². The number of hydrogen-bond acceptors (Lipinski definition) is 5. The van der Waals surface area contributed by atoms with Gasteiger partial charge in [0.2, 0.25) is 0 Å². The quantitative estimate of drug-likeness (QED) is 0.838. The van der Waals surface area contributed by atoms with Crippen LogP contribution >= 0.6 is 0 Å². The average Bonchev–Trinajstić information content (AvgIpc) is 2.96. The molecule has 0 aliphatic heterocycles. The Morgan fingerprint density at radius 1 is 1.38 bits per heavy atom. The van der Waals surface area contributed by atoms with Crippen molar-refractivity contribution in [1.82, 2.24) is 19.7 Å². The number of hydrogen-bond donors (Lipinski definition) is 2. The highest BCUT2D eigenvalue weighted by Crippen LogP contribution is 2.19. The topological polar surface area (TPSA) is 98.7 Å². The van der Waals surface area contributed by atoms with Gasteiger partial charge in [0.05, 0.1) is 11.8 Å². The molecule has 0 spiro atoms. The number of anilines is 1. The molecule has 21 heavy (non-hydrogen) atoms. The number of primary amides is 1. The van der Waals surface area contributed by atoms with E-state index in [1.807, 2.05) is 13.8 Å². The zero-order valence-electron chi connectivity index (χ0n) is 12.6. The van der Waals surface area contributed by atoms with Crippen molar-refractivity contribution in [1.29, 1.82) is 0 Å². The molecule has 7 heteroatoms. The molecule has 112 valence electrons. The fourth-order valence-electron chi connectivity index (χ4n) is 1.91. The number of rotatable bonds is 6. The van der Waals surface area contributed by atoms with E-state index in [2.05, 4.69) is 27.3 Å². The molecular weight excluding hydrogens is 268 g/mol. The first-order valence-corrected chi connectivity index (χ1v) is 7.03. The van der Waals surface area contributed by atoms with Gasteiger partial charge in [0.1, 0.15) is 11.6 Å². The Kier molecular flexibility index (Phi) is 4.52. The summed E-state index contributed by atoms with van der Waals surface area (Å²) in [4.78, 5) is 20.2. The second-order valence-electron chi connectivity index (χ2n) is 4.76. The van der Waals surface area contributed by atoms with E-state index < -0.39 is 5.91 Å². The lowest BCUT2D eigenvalue weighted by Crippen LogP contribution is -2.12. The summed E-state index contributed by atoms with van der Waals surface area (Å²) in [6, 6.07) is 0. The van der Waals surface area contributed by atoms with Gasteiger partial charge >= 0.3 is 0 Å². The van der Waals surface area contributed by atoms with E-state index in [4.69, 9.17) is 5.73 Å². The third-order valence-corrected chi connectivity index (χ3v) is 3.11. The Morgan fingerprint density at radius 2 is 2.14 bits per heavy atom. The van der Waals surface area contributed by atoms with Crippen LogP contribution < -0.4 is 11.1 Å². The van der Waals surface area contributed by atoms with Crippen LogP contribution in [-0.2, 0) is 6.42 Å². The van der Waals surface area contributed by atoms with Gasteiger partial charge in [-0.15, -0.1) is 0 Å². The zero-order valence-corrected chi connectivity index (χ0v) is 12.6. The summed E-state index contributed by atoms with van der Waals surface area (Å²) in [6.45, 7) is 6.86. The van der Waals surface area contributed by atoms with Crippen molar-refractivity contribution >= 4 is 11.7 Å². The lowest BCUT2D eigenvalue weighted by Gasteiger charge is -2.13. The Morgan fingerprint density at radius 3 is 2.71 bits per heavy atom. The second-order valence-corrected chi connectivity index (χ2v) is 4.76. The molecule has 0 saturated carbocycles. The van der Waals surface area contributed by atoms with E-state index in [-0.39, 0.29) is 0 Å². The lowest BCUT2D eigenvalue weighted by atomic mass is 10.2. The highest BCUT2D eigenvalue weighted by atomic mass is 16.1. The molecule has 2 heterocycles. The molecule has 0 radical (unpaired) electrons. The van der Waals surface area contributed by atoms with Crippen LogP contribution in [0.5, 0.6) is 0 Å². The first-order valence-electron chi connectivity index (χ1n) is 7.03. The number of nitrogens with two attached hydrogens (primary N) is 1. The van der Waals surface area contributed by atoms with Crippen molar-refractivity contribution in [3.63, 3.8) is 0 Å². The van der Waals surface area contributed by atoms with Gasteiger partial charge in [0.15, 0.2) is 5.82 Å². The minimum absolute atomic E-state index is 0.356. The molecule has 1 amide bonds. The average molecular weight is 288 g/mol. The third kappa shape index (κ3) is 3.18. The minimum Gasteiger partial charge on any atom is -0.370 e. The molecule has 0 fully saturated rings. The molecule has 0 unspecified atom stereocenters. The normalized spacial score (nSPS) is 10.6. The van der Waals surface area contributed by atoms with Crippen LogP contribution in [-0.4, -0.2) is 32.2 Å². The molecular formula is C14H20N6O. The highest BCUT2D eigenvalue weighted by Gasteiger charge is 2.14. The molecule has 2 aromatic heterocycles. The van der Waals surface area contributed by atoms with Gasteiger partial charge in [-0.2, -0.15) is 5.10 Å². The van der Waals surface area contributed by atoms with Gasteiger partial charge in [-0.05, 0) is 13.3 Å². The van der Waals surface area contributed by atoms with Crippen molar-refractivity contribution in [2.45, 2.75) is 33.6 Å². The Balaban J connectivity index is 2.47. The molecule has 2 rings (SSSR count). The maximum absolute atomic E-state index is 11.2. The SMILES string of the molecule is CCCNc1nc(CC)nc(-n2cc(C(N)=O)cn2)c1C. The van der Waals surface area contributed by atoms with Gasteiger partial charge in [-0.1, -0.05) is 13.8 Å². The number of amides is 1. The standard InChI is InChI=1S/C14H20N6O/c1-4-6-16-13-9(3)14(19-11(5-2)18-13)20-8-10(7-17-20)12(15)21/h7-8H,4-6H2,1-3H3,(H2,15,21)(H,16,18,19). The molecule has 0 bridgehead atoms. The smallest absolute Gasteiger partial charge is 0.251 e. The summed E-state index contributed by atoms with van der Waals surface area (Å²) in [5.74, 6) is 1.68. The molecule has 0 aliphatic rings. The molecule has 0 atom stereocenters. The molecule has 0 saturated heterocycles. The largest absolute Gasteiger partial charge is 0.370 e. The number of nitrogens with zero attached hydrogens (tertiary/aromatic N) is 4. The van der Waals surface area contributed by atoms with Crippen LogP contribution in [0.1, 0.15) is 42.0 Å². The van der Waals surface area contributed by atoms with E-state index in [0.717, 1.165) is 36.6 Å². The van der Waals surface area contributed by atoms with E-state index >= 15 is 0 Å². The number of carbonyl (C=O) groups is 1. The van der Waals surface area contributed by atoms with Crippen molar-refractivity contribution in [2.75, 3.05) is 11.9 Å². The lowest BCUT2D eigenvalue weighted by molar-refractivity contribution is 0.100. The Hall–Kier alpha value is -2.44. The van der Waals surface area contributed by atoms with Crippen LogP contribution in [0, 0.1) is 6.92 Å². The summed E-state index contributed by atoms with van der Waals surface area (Å²) >= 11 is 0. The third-order valence-electron chi connectivity index (χ3n) is 3.11. The number of aryl methyl sites for hydroxylation is 1. The summed E-state index contributed by atoms with van der Waals surface area (Å²) in [6.07, 6.45) is 4.75. The van der Waals surface area contributed by atoms with E-state index in [0.29, 0.717) is 11.4 Å². The van der Waals surface area contributed by atoms with E-state index in [1.54, 1.807) is 10.9 Å². The Labute approximate surface area is 123 Å². The van der Waals surface area contributed by atoms with Gasteiger partial charge in [-0.3, -0.25) is 4.79 Å². The fourth-order valence-corrected chi connectivity index (χ4v) is 1.91. The molecule has 7 nitrogen and oxygen atoms in total. The van der Waals surface area contributed by atoms with Crippen LogP contribution in [0.4, 0.5) is 5.82 Å². The van der Waals surface area contributed by atoms with Crippen molar-refractivity contribution < 1.29 is 4.79 Å². The Bertz CT molecular complexity index is 649. The summed E-state index contributed by atoms with van der Waals surface area (Å²) < 4.78 is 1.56. The number of carbonyl (C=O) groups excluding carboxylic acids is 1. The number of nitrogens with one attached hydrogen (secondary N) is 1. The first kappa shape index (κ1) is 15.0. The van der Waals surface area contributed by atoms with Crippen LogP contribution in [0.15, 0.2) is 12.4 Å². The maximum Gasteiger partial charge on any atom is 0.251 e. The summed E-state index contributed by atoms with van der Waals surface area (Å²) in [5.41, 5.74) is 6.50. The molecule has 3 N–H and O–H groups in total. The predicted molar refractivity (Wildman–Crippen MR) is 80.6 cm³/mol. The highest BCUT2D eigenvalue weighted by molar-refractivity contribution is 5.92. The van der Waals surface area contributed by atoms with Gasteiger partial charge in [-0.25, -0.2) is 14.6 Å². The molecule has 2 aromatic rings. The van der Waals surface area contributed by atoms with Crippen LogP contribution in [0.2, 0.25) is 0 Å². The fraction of sp³-hybridized carbons (Fsp3) is 0.429. The molecule has 0 aromatic carbocycles. The minimum atomic E-state index is -0.506. The summed E-state index contributed by atoms with van der Waals surface area (Å²) in [5, 5.41) is 7.46. The monoisotopic (exact) mass is 288 g/mol. The van der Waals surface area contributed by atoms with Gasteiger partial charge in [0.25, 0.3) is 5.91 Å². The molecule has 0 aliphatic carbocycles. The van der Waals surface area contributed by atoms with Crippen LogP contribution in [0.3, 0.4) is 0 Å². The second kappa shape index (κ2) is 6.34. The maximum atomic E-state index is 11.2. The van der Waals surface area contributed by atoms with E-state index in [1.165, 1.54) is 6.20 Å². The number of aromatic nitrogens is 4.